The van der Waals surface area contributed by atoms with Crippen LogP contribution in [0.4, 0.5) is 0 Å². The molecule has 2 rings (SSSR count). The standard InChI is InChI=1S/C23H35N3O6/c1-14(2)9-17(22(28)25-21(15(3)27)23(4,5)6)20(12-32-26-29)30-11-16-7-8-19-18(10-16)24-13-31-19/h7-8,10,13-14,17,20-21,26,29H,9,11-12H2,1-6H3,(H,25,28)/t17-,20?,21-/m1/s1. The van der Waals surface area contributed by atoms with Gasteiger partial charge in [-0.25, -0.2) is 4.98 Å². The number of rotatable bonds is 12. The maximum absolute atomic E-state index is 13.3. The van der Waals surface area contributed by atoms with Crippen LogP contribution in [0.5, 0.6) is 0 Å². The van der Waals surface area contributed by atoms with Gasteiger partial charge in [-0.2, -0.15) is 0 Å². The van der Waals surface area contributed by atoms with Gasteiger partial charge >= 0.3 is 0 Å². The number of Topliss-reactive ketones (excluding diaryl/α,β-unsaturated/α-hetero) is 1. The molecule has 2 aromatic rings. The Morgan fingerprint density at radius 3 is 2.56 bits per heavy atom. The van der Waals surface area contributed by atoms with E-state index in [1.807, 2.05) is 46.8 Å². The van der Waals surface area contributed by atoms with Crippen molar-refractivity contribution in [2.24, 2.45) is 17.3 Å². The minimum Gasteiger partial charge on any atom is -0.443 e. The molecule has 0 spiro atoms. The van der Waals surface area contributed by atoms with Crippen molar-refractivity contribution in [2.45, 2.75) is 66.7 Å². The highest BCUT2D eigenvalue weighted by atomic mass is 16.8. The molecule has 9 heteroatoms. The third-order valence-electron chi connectivity index (χ3n) is 5.24. The number of ketones is 1. The van der Waals surface area contributed by atoms with E-state index in [1.165, 1.54) is 13.3 Å². The Kier molecular flexibility index (Phi) is 9.33. The number of amides is 1. The van der Waals surface area contributed by atoms with E-state index >= 15 is 0 Å². The molecule has 1 amide bonds. The SMILES string of the molecule is CC(=O)[C@@H](NC(=O)[C@H](CC(C)C)C(CONO)OCc1ccc2ocnc2c1)C(C)(C)C. The first-order valence-corrected chi connectivity index (χ1v) is 10.8. The number of carbonyl (C=O) groups is 2. The van der Waals surface area contributed by atoms with Gasteiger partial charge < -0.3 is 14.5 Å². The molecule has 3 N–H and O–H groups in total. The van der Waals surface area contributed by atoms with E-state index in [4.69, 9.17) is 19.2 Å². The number of fused-ring (bicyclic) bond motifs is 1. The molecule has 0 aliphatic rings. The lowest BCUT2D eigenvalue weighted by molar-refractivity contribution is -0.170. The molecule has 1 unspecified atom stereocenters. The average molecular weight is 450 g/mol. The van der Waals surface area contributed by atoms with Crippen molar-refractivity contribution in [3.05, 3.63) is 30.2 Å². The summed E-state index contributed by atoms with van der Waals surface area (Å²) >= 11 is 0. The Morgan fingerprint density at radius 2 is 1.97 bits per heavy atom. The third-order valence-corrected chi connectivity index (χ3v) is 5.24. The van der Waals surface area contributed by atoms with Gasteiger partial charge in [0.2, 0.25) is 5.91 Å². The Bertz CT molecular complexity index is 889. The van der Waals surface area contributed by atoms with Crippen molar-refractivity contribution in [2.75, 3.05) is 6.61 Å². The summed E-state index contributed by atoms with van der Waals surface area (Å²) in [6, 6.07) is 4.89. The first kappa shape index (κ1) is 25.9. The molecule has 0 bridgehead atoms. The number of oxazole rings is 1. The molecule has 0 aliphatic carbocycles. The first-order chi connectivity index (χ1) is 15.0. The number of hydrogen-bond donors (Lipinski definition) is 3. The molecule has 0 fully saturated rings. The smallest absolute Gasteiger partial charge is 0.226 e. The van der Waals surface area contributed by atoms with Crippen LogP contribution in [-0.4, -0.2) is 40.6 Å². The van der Waals surface area contributed by atoms with Crippen LogP contribution in [0.25, 0.3) is 11.1 Å². The fourth-order valence-corrected chi connectivity index (χ4v) is 3.71. The summed E-state index contributed by atoms with van der Waals surface area (Å²) < 4.78 is 11.3. The highest BCUT2D eigenvalue weighted by molar-refractivity contribution is 5.89. The van der Waals surface area contributed by atoms with E-state index in [9.17, 15) is 9.59 Å². The zero-order chi connectivity index (χ0) is 23.9. The van der Waals surface area contributed by atoms with Crippen LogP contribution in [0.2, 0.25) is 0 Å². The van der Waals surface area contributed by atoms with E-state index in [0.717, 1.165) is 5.56 Å². The molecule has 0 saturated heterocycles. The van der Waals surface area contributed by atoms with Gasteiger partial charge in [-0.1, -0.05) is 46.3 Å². The molecule has 178 valence electrons. The van der Waals surface area contributed by atoms with Gasteiger partial charge in [0, 0.05) is 0 Å². The predicted molar refractivity (Wildman–Crippen MR) is 118 cm³/mol. The van der Waals surface area contributed by atoms with Crippen LogP contribution in [0, 0.1) is 17.3 Å². The van der Waals surface area contributed by atoms with Crippen LogP contribution in [-0.2, 0) is 25.8 Å². The monoisotopic (exact) mass is 449 g/mol. The lowest BCUT2D eigenvalue weighted by Crippen LogP contribution is -2.52. The molecule has 3 atom stereocenters. The van der Waals surface area contributed by atoms with E-state index in [-0.39, 0.29) is 30.8 Å². The molecule has 1 aromatic carbocycles. The van der Waals surface area contributed by atoms with Gasteiger partial charge in [0.15, 0.2) is 17.8 Å². The molecular formula is C23H35N3O6. The predicted octanol–water partition coefficient (Wildman–Crippen LogP) is 3.41. The second kappa shape index (κ2) is 11.5. The van der Waals surface area contributed by atoms with Crippen molar-refractivity contribution in [3.63, 3.8) is 0 Å². The quantitative estimate of drug-likeness (QED) is 0.421. The lowest BCUT2D eigenvalue weighted by Gasteiger charge is -2.33. The summed E-state index contributed by atoms with van der Waals surface area (Å²) in [5.41, 5.74) is 3.46. The summed E-state index contributed by atoms with van der Waals surface area (Å²) in [4.78, 5) is 34.6. The summed E-state index contributed by atoms with van der Waals surface area (Å²) in [6.45, 7) is 11.4. The summed E-state index contributed by atoms with van der Waals surface area (Å²) in [7, 11) is 0. The molecule has 0 aliphatic heterocycles. The first-order valence-electron chi connectivity index (χ1n) is 10.8. The number of hydrogen-bond acceptors (Lipinski definition) is 8. The Morgan fingerprint density at radius 1 is 1.25 bits per heavy atom. The minimum atomic E-state index is -0.669. The highest BCUT2D eigenvalue weighted by Gasteiger charge is 2.36. The van der Waals surface area contributed by atoms with Gasteiger partial charge in [0.25, 0.3) is 0 Å². The molecule has 0 radical (unpaired) electrons. The van der Waals surface area contributed by atoms with Gasteiger partial charge in [0.1, 0.15) is 5.52 Å². The van der Waals surface area contributed by atoms with Gasteiger partial charge in [-0.05, 0) is 42.4 Å². The number of nitrogens with one attached hydrogen (secondary N) is 2. The molecule has 9 nitrogen and oxygen atoms in total. The van der Waals surface area contributed by atoms with Gasteiger partial charge in [0.05, 0.1) is 31.3 Å². The number of nitrogens with zero attached hydrogens (tertiary/aromatic N) is 1. The molecule has 1 heterocycles. The van der Waals surface area contributed by atoms with E-state index in [0.29, 0.717) is 17.5 Å². The van der Waals surface area contributed by atoms with Crippen molar-refractivity contribution in [3.8, 4) is 0 Å². The average Bonchev–Trinajstić information content (AvgIpc) is 3.17. The van der Waals surface area contributed by atoms with Crippen LogP contribution in [0.15, 0.2) is 29.0 Å². The maximum atomic E-state index is 13.3. The van der Waals surface area contributed by atoms with Crippen LogP contribution >= 0.6 is 0 Å². The number of benzene rings is 1. The fourth-order valence-electron chi connectivity index (χ4n) is 3.71. The van der Waals surface area contributed by atoms with Crippen LogP contribution in [0.1, 0.15) is 53.5 Å². The third kappa shape index (κ3) is 7.37. The second-order valence-corrected chi connectivity index (χ2v) is 9.56. The Labute approximate surface area is 188 Å². The molecule has 1 aromatic heterocycles. The number of aromatic nitrogens is 1. The largest absolute Gasteiger partial charge is 0.443 e. The topological polar surface area (TPSA) is 123 Å². The fraction of sp³-hybridized carbons (Fsp3) is 0.609. The van der Waals surface area contributed by atoms with E-state index in [2.05, 4.69) is 10.3 Å². The molecule has 0 saturated carbocycles. The normalized spacial score (nSPS) is 15.0. The van der Waals surface area contributed by atoms with Gasteiger partial charge in [-0.15, -0.1) is 0 Å². The van der Waals surface area contributed by atoms with Gasteiger partial charge in [-0.3, -0.25) is 19.6 Å². The summed E-state index contributed by atoms with van der Waals surface area (Å²) in [5, 5.41) is 11.8. The van der Waals surface area contributed by atoms with Crippen molar-refractivity contribution < 1.29 is 28.8 Å². The highest BCUT2D eigenvalue weighted by Crippen LogP contribution is 2.25. The summed E-state index contributed by atoms with van der Waals surface area (Å²) in [6.07, 6.45) is 1.22. The number of carbonyl (C=O) groups excluding carboxylic acids is 2. The van der Waals surface area contributed by atoms with Crippen molar-refractivity contribution >= 4 is 22.8 Å². The minimum absolute atomic E-state index is 0.0617. The second-order valence-electron chi connectivity index (χ2n) is 9.56. The maximum Gasteiger partial charge on any atom is 0.226 e. The van der Waals surface area contributed by atoms with Crippen LogP contribution in [0.3, 0.4) is 0 Å². The zero-order valence-electron chi connectivity index (χ0n) is 19.7. The van der Waals surface area contributed by atoms with E-state index < -0.39 is 23.5 Å². The summed E-state index contributed by atoms with van der Waals surface area (Å²) in [5.74, 6) is -0.799. The van der Waals surface area contributed by atoms with Crippen molar-refractivity contribution in [1.82, 2.24) is 15.9 Å². The van der Waals surface area contributed by atoms with Crippen molar-refractivity contribution in [1.29, 1.82) is 0 Å². The molecular weight excluding hydrogens is 414 g/mol. The van der Waals surface area contributed by atoms with Crippen LogP contribution < -0.4 is 11.0 Å². The zero-order valence-corrected chi connectivity index (χ0v) is 19.7. The van der Waals surface area contributed by atoms with E-state index in [1.54, 1.807) is 11.7 Å². The molecule has 32 heavy (non-hydrogen) atoms. The number of ether oxygens (including phenoxy) is 1. The Hall–Kier alpha value is -2.33. The Balaban J connectivity index is 2.21. The lowest BCUT2D eigenvalue weighted by atomic mass is 9.83.